The number of benzene rings is 1. The van der Waals surface area contributed by atoms with E-state index in [1.165, 1.54) is 12.8 Å². The van der Waals surface area contributed by atoms with Crippen LogP contribution >= 0.6 is 34.8 Å². The van der Waals surface area contributed by atoms with Crippen molar-refractivity contribution in [3.05, 3.63) is 44.9 Å². The van der Waals surface area contributed by atoms with Crippen LogP contribution in [0.15, 0.2) is 24.3 Å². The Hall–Kier alpha value is -0.210. The van der Waals surface area contributed by atoms with E-state index >= 15 is 0 Å². The molecule has 1 nitrogen and oxygen atoms in total. The lowest BCUT2D eigenvalue weighted by Crippen LogP contribution is -2.23. The van der Waals surface area contributed by atoms with Gasteiger partial charge >= 0.3 is 0 Å². The van der Waals surface area contributed by atoms with Crippen LogP contribution in [-0.2, 0) is 6.54 Å². The van der Waals surface area contributed by atoms with Crippen LogP contribution in [0.2, 0.25) is 15.1 Å². The lowest BCUT2D eigenvalue weighted by molar-refractivity contribution is 0.440. The van der Waals surface area contributed by atoms with Crippen molar-refractivity contribution in [2.75, 3.05) is 6.54 Å². The molecule has 0 saturated heterocycles. The molecule has 0 spiro atoms. The van der Waals surface area contributed by atoms with Gasteiger partial charge in [-0.25, -0.2) is 0 Å². The van der Waals surface area contributed by atoms with E-state index in [9.17, 15) is 0 Å². The summed E-state index contributed by atoms with van der Waals surface area (Å²) < 4.78 is 0. The summed E-state index contributed by atoms with van der Waals surface area (Å²) in [5.74, 6) is 0.715. The highest BCUT2D eigenvalue weighted by atomic mass is 35.5. The van der Waals surface area contributed by atoms with Gasteiger partial charge in [-0.1, -0.05) is 47.0 Å². The van der Waals surface area contributed by atoms with Crippen molar-refractivity contribution >= 4 is 34.8 Å². The molecule has 0 saturated carbocycles. The first kappa shape index (κ1) is 14.2. The van der Waals surface area contributed by atoms with Gasteiger partial charge in [-0.15, -0.1) is 0 Å². The molecule has 1 N–H and O–H groups in total. The van der Waals surface area contributed by atoms with E-state index in [4.69, 9.17) is 34.8 Å². The topological polar surface area (TPSA) is 12.0 Å². The highest BCUT2D eigenvalue weighted by Crippen LogP contribution is 2.31. The number of halogens is 3. The van der Waals surface area contributed by atoms with E-state index in [0.717, 1.165) is 18.5 Å². The SMILES string of the molecule is Clc1ccc(Cl)c(CNCC2CC=CCC2)c1Cl. The Kier molecular flexibility index (Phi) is 5.38. The van der Waals surface area contributed by atoms with Crippen LogP contribution in [-0.4, -0.2) is 6.54 Å². The first-order valence-electron chi connectivity index (χ1n) is 6.16. The van der Waals surface area contributed by atoms with Crippen molar-refractivity contribution in [1.29, 1.82) is 0 Å². The molecule has 1 aromatic rings. The molecule has 4 heteroatoms. The zero-order valence-electron chi connectivity index (χ0n) is 10.1. The Morgan fingerprint density at radius 1 is 1.11 bits per heavy atom. The Morgan fingerprint density at radius 3 is 2.61 bits per heavy atom. The molecule has 1 atom stereocenters. The first-order chi connectivity index (χ1) is 8.68. The molecule has 0 radical (unpaired) electrons. The Morgan fingerprint density at radius 2 is 1.89 bits per heavy atom. The minimum atomic E-state index is 0.554. The molecular formula is C14H16Cl3N. The van der Waals surface area contributed by atoms with Gasteiger partial charge in [0.05, 0.1) is 10.0 Å². The van der Waals surface area contributed by atoms with Gasteiger partial charge in [0.25, 0.3) is 0 Å². The van der Waals surface area contributed by atoms with Crippen LogP contribution in [0.4, 0.5) is 0 Å². The lowest BCUT2D eigenvalue weighted by atomic mass is 9.94. The summed E-state index contributed by atoms with van der Waals surface area (Å²) >= 11 is 18.3. The summed E-state index contributed by atoms with van der Waals surface area (Å²) in [5.41, 5.74) is 0.886. The molecule has 1 unspecified atom stereocenters. The minimum Gasteiger partial charge on any atom is -0.312 e. The Labute approximate surface area is 123 Å². The second kappa shape index (κ2) is 6.81. The maximum absolute atomic E-state index is 6.15. The second-order valence-corrected chi connectivity index (χ2v) is 5.80. The fourth-order valence-electron chi connectivity index (χ4n) is 2.17. The summed E-state index contributed by atoms with van der Waals surface area (Å²) in [6.45, 7) is 1.65. The molecule has 0 heterocycles. The number of rotatable bonds is 4. The van der Waals surface area contributed by atoms with Gasteiger partial charge in [0, 0.05) is 17.1 Å². The molecule has 18 heavy (non-hydrogen) atoms. The fraction of sp³-hybridized carbons (Fsp3) is 0.429. The predicted octanol–water partition coefficient (Wildman–Crippen LogP) is 5.09. The van der Waals surface area contributed by atoms with Crippen LogP contribution in [0.3, 0.4) is 0 Å². The van der Waals surface area contributed by atoms with Gasteiger partial charge in [-0.05, 0) is 43.9 Å². The summed E-state index contributed by atoms with van der Waals surface area (Å²) in [7, 11) is 0. The van der Waals surface area contributed by atoms with Gasteiger partial charge < -0.3 is 5.32 Å². The van der Waals surface area contributed by atoms with Gasteiger partial charge in [0.15, 0.2) is 0 Å². The molecule has 1 aliphatic rings. The molecule has 0 aliphatic heterocycles. The van der Waals surface area contributed by atoms with Crippen molar-refractivity contribution in [1.82, 2.24) is 5.32 Å². The van der Waals surface area contributed by atoms with E-state index in [1.807, 2.05) is 0 Å². The quantitative estimate of drug-likeness (QED) is 0.603. The van der Waals surface area contributed by atoms with E-state index < -0.39 is 0 Å². The van der Waals surface area contributed by atoms with Crippen molar-refractivity contribution < 1.29 is 0 Å². The Balaban J connectivity index is 1.90. The highest BCUT2D eigenvalue weighted by molar-refractivity contribution is 6.44. The molecule has 1 aliphatic carbocycles. The molecule has 0 aromatic heterocycles. The normalized spacial score (nSPS) is 19.2. The second-order valence-electron chi connectivity index (χ2n) is 4.60. The van der Waals surface area contributed by atoms with Crippen LogP contribution < -0.4 is 5.32 Å². The monoisotopic (exact) mass is 303 g/mol. The summed E-state index contributed by atoms with van der Waals surface area (Å²) in [4.78, 5) is 0. The third kappa shape index (κ3) is 3.64. The smallest absolute Gasteiger partial charge is 0.0652 e. The first-order valence-corrected chi connectivity index (χ1v) is 7.30. The van der Waals surface area contributed by atoms with Gasteiger partial charge in [0.2, 0.25) is 0 Å². The van der Waals surface area contributed by atoms with Crippen molar-refractivity contribution in [2.24, 2.45) is 5.92 Å². The maximum Gasteiger partial charge on any atom is 0.0652 e. The number of hydrogen-bond donors (Lipinski definition) is 1. The highest BCUT2D eigenvalue weighted by Gasteiger charge is 2.12. The number of allylic oxidation sites excluding steroid dienone is 2. The molecule has 2 rings (SSSR count). The predicted molar refractivity (Wildman–Crippen MR) is 79.7 cm³/mol. The lowest BCUT2D eigenvalue weighted by Gasteiger charge is -2.18. The third-order valence-electron chi connectivity index (χ3n) is 3.25. The molecular weight excluding hydrogens is 289 g/mol. The van der Waals surface area contributed by atoms with Crippen LogP contribution in [0.25, 0.3) is 0 Å². The van der Waals surface area contributed by atoms with E-state index in [2.05, 4.69) is 17.5 Å². The van der Waals surface area contributed by atoms with Gasteiger partial charge in [-0.2, -0.15) is 0 Å². The summed E-state index contributed by atoms with van der Waals surface area (Å²) in [6.07, 6.45) is 8.10. The summed E-state index contributed by atoms with van der Waals surface area (Å²) in [5, 5.41) is 5.20. The van der Waals surface area contributed by atoms with Crippen LogP contribution in [0.1, 0.15) is 24.8 Å². The average Bonchev–Trinajstić information content (AvgIpc) is 2.39. The standard InChI is InChI=1S/C14H16Cl3N/c15-12-6-7-13(16)14(17)11(12)9-18-8-10-4-2-1-3-5-10/h1-2,6-7,10,18H,3-5,8-9H2. The van der Waals surface area contributed by atoms with Crippen molar-refractivity contribution in [3.8, 4) is 0 Å². The molecule has 0 fully saturated rings. The third-order valence-corrected chi connectivity index (χ3v) is 4.45. The van der Waals surface area contributed by atoms with Gasteiger partial charge in [0.1, 0.15) is 0 Å². The van der Waals surface area contributed by atoms with Crippen LogP contribution in [0.5, 0.6) is 0 Å². The van der Waals surface area contributed by atoms with Crippen LogP contribution in [0, 0.1) is 5.92 Å². The van der Waals surface area contributed by atoms with E-state index in [1.54, 1.807) is 12.1 Å². The molecule has 0 amide bonds. The largest absolute Gasteiger partial charge is 0.312 e. The Bertz CT molecular complexity index is 443. The average molecular weight is 305 g/mol. The fourth-order valence-corrected chi connectivity index (χ4v) is 2.86. The number of nitrogens with one attached hydrogen (secondary N) is 1. The summed E-state index contributed by atoms with van der Waals surface area (Å²) in [6, 6.07) is 3.51. The zero-order valence-corrected chi connectivity index (χ0v) is 12.3. The van der Waals surface area contributed by atoms with E-state index in [0.29, 0.717) is 27.5 Å². The van der Waals surface area contributed by atoms with E-state index in [-0.39, 0.29) is 0 Å². The zero-order chi connectivity index (χ0) is 13.0. The number of hydrogen-bond acceptors (Lipinski definition) is 1. The minimum absolute atomic E-state index is 0.554. The maximum atomic E-state index is 6.15. The molecule has 98 valence electrons. The van der Waals surface area contributed by atoms with Crippen molar-refractivity contribution in [2.45, 2.75) is 25.8 Å². The molecule has 1 aromatic carbocycles. The van der Waals surface area contributed by atoms with Gasteiger partial charge in [-0.3, -0.25) is 0 Å². The van der Waals surface area contributed by atoms with Crippen molar-refractivity contribution in [3.63, 3.8) is 0 Å². The molecule has 0 bridgehead atoms.